The summed E-state index contributed by atoms with van der Waals surface area (Å²) >= 11 is 0. The van der Waals surface area contributed by atoms with Crippen molar-refractivity contribution in [1.82, 2.24) is 16.0 Å². The van der Waals surface area contributed by atoms with E-state index in [1.165, 1.54) is 0 Å². The van der Waals surface area contributed by atoms with Crippen molar-refractivity contribution in [3.63, 3.8) is 0 Å². The third-order valence-corrected chi connectivity index (χ3v) is 4.83. The van der Waals surface area contributed by atoms with Crippen LogP contribution in [0.5, 0.6) is 0 Å². The average molecular weight is 375 g/mol. The van der Waals surface area contributed by atoms with Gasteiger partial charge in [0, 0.05) is 24.7 Å². The molecule has 1 fully saturated rings. The number of nitrogens with zero attached hydrogens (tertiary/aromatic N) is 1. The molecule has 1 aromatic rings. The fourth-order valence-electron chi connectivity index (χ4n) is 3.15. The van der Waals surface area contributed by atoms with Crippen LogP contribution in [0, 0.1) is 0 Å². The zero-order chi connectivity index (χ0) is 19.5. The molecule has 0 spiro atoms. The van der Waals surface area contributed by atoms with E-state index < -0.39 is 0 Å². The summed E-state index contributed by atoms with van der Waals surface area (Å²) in [5, 5.41) is 19.3. The first kappa shape index (κ1) is 21.2. The van der Waals surface area contributed by atoms with Crippen LogP contribution in [-0.4, -0.2) is 42.2 Å². The second kappa shape index (κ2) is 11.6. The van der Waals surface area contributed by atoms with E-state index in [0.717, 1.165) is 63.1 Å². The molecule has 0 aromatic heterocycles. The van der Waals surface area contributed by atoms with Crippen molar-refractivity contribution < 1.29 is 9.90 Å². The van der Waals surface area contributed by atoms with Gasteiger partial charge in [-0.1, -0.05) is 25.5 Å². The fourth-order valence-corrected chi connectivity index (χ4v) is 3.15. The number of aliphatic hydroxyl groups excluding tert-OH is 1. The summed E-state index contributed by atoms with van der Waals surface area (Å²) in [5.74, 6) is 0.785. The Hall–Kier alpha value is -2.08. The molecule has 1 aromatic carbocycles. The molecule has 4 N–H and O–H groups in total. The van der Waals surface area contributed by atoms with Gasteiger partial charge in [-0.25, -0.2) is 4.99 Å². The number of hydrogen-bond donors (Lipinski definition) is 4. The molecule has 27 heavy (non-hydrogen) atoms. The predicted molar refractivity (Wildman–Crippen MR) is 110 cm³/mol. The van der Waals surface area contributed by atoms with Crippen LogP contribution in [0.15, 0.2) is 29.3 Å². The van der Waals surface area contributed by atoms with E-state index in [1.54, 1.807) is 0 Å². The maximum Gasteiger partial charge on any atom is 0.251 e. The lowest BCUT2D eigenvalue weighted by Crippen LogP contribution is -2.45. The first-order valence-electron chi connectivity index (χ1n) is 10.2. The number of carbonyl (C=O) groups is 1. The number of nitrogens with one attached hydrogen (secondary N) is 3. The van der Waals surface area contributed by atoms with E-state index in [4.69, 9.17) is 0 Å². The van der Waals surface area contributed by atoms with Crippen LogP contribution in [0.3, 0.4) is 0 Å². The van der Waals surface area contributed by atoms with Gasteiger partial charge in [-0.2, -0.15) is 0 Å². The largest absolute Gasteiger partial charge is 0.393 e. The summed E-state index contributed by atoms with van der Waals surface area (Å²) in [6.07, 6.45) is 5.54. The van der Waals surface area contributed by atoms with Gasteiger partial charge >= 0.3 is 0 Å². The Balaban J connectivity index is 1.88. The third-order valence-electron chi connectivity index (χ3n) is 4.83. The van der Waals surface area contributed by atoms with Gasteiger partial charge in [-0.15, -0.1) is 0 Å². The lowest BCUT2D eigenvalue weighted by molar-refractivity contribution is 0.0953. The summed E-state index contributed by atoms with van der Waals surface area (Å²) in [6.45, 7) is 6.24. The van der Waals surface area contributed by atoms with E-state index in [2.05, 4.69) is 27.9 Å². The smallest absolute Gasteiger partial charge is 0.251 e. The van der Waals surface area contributed by atoms with Crippen LogP contribution in [-0.2, 0) is 6.54 Å². The molecule has 6 nitrogen and oxygen atoms in total. The van der Waals surface area contributed by atoms with Crippen LogP contribution in [0.2, 0.25) is 0 Å². The topological polar surface area (TPSA) is 85.8 Å². The highest BCUT2D eigenvalue weighted by Crippen LogP contribution is 2.18. The molecule has 0 atom stereocenters. The SMILES string of the molecule is CCCCNC(=O)c1ccc(CN=C(NCC)NC2CCC(O)CC2)cc1. The first-order valence-corrected chi connectivity index (χ1v) is 10.2. The Bertz CT molecular complexity index is 593. The summed E-state index contributed by atoms with van der Waals surface area (Å²) in [7, 11) is 0. The Morgan fingerprint density at radius 3 is 2.44 bits per heavy atom. The highest BCUT2D eigenvalue weighted by atomic mass is 16.3. The quantitative estimate of drug-likeness (QED) is 0.320. The summed E-state index contributed by atoms with van der Waals surface area (Å²) < 4.78 is 0. The van der Waals surface area contributed by atoms with Crippen LogP contribution >= 0.6 is 0 Å². The maximum absolute atomic E-state index is 12.1. The summed E-state index contributed by atoms with van der Waals surface area (Å²) in [4.78, 5) is 16.7. The molecule has 0 radical (unpaired) electrons. The van der Waals surface area contributed by atoms with E-state index in [-0.39, 0.29) is 12.0 Å². The van der Waals surface area contributed by atoms with E-state index in [0.29, 0.717) is 18.2 Å². The van der Waals surface area contributed by atoms with E-state index in [1.807, 2.05) is 31.2 Å². The Labute approximate surface area is 162 Å². The number of aliphatic imine (C=N–C) groups is 1. The van der Waals surface area contributed by atoms with Gasteiger partial charge in [0.1, 0.15) is 0 Å². The molecule has 1 saturated carbocycles. The van der Waals surface area contributed by atoms with Gasteiger partial charge < -0.3 is 21.1 Å². The Morgan fingerprint density at radius 2 is 1.81 bits per heavy atom. The standard InChI is InChI=1S/C21H34N4O2/c1-3-5-14-23-20(27)17-8-6-16(7-9-17)15-24-21(22-4-2)25-18-10-12-19(26)13-11-18/h6-9,18-19,26H,3-5,10-15H2,1-2H3,(H,23,27)(H2,22,24,25). The minimum atomic E-state index is -0.153. The fraction of sp³-hybridized carbons (Fsp3) is 0.619. The average Bonchev–Trinajstić information content (AvgIpc) is 2.68. The molecule has 0 saturated heterocycles. The molecule has 0 aliphatic heterocycles. The molecule has 0 heterocycles. The van der Waals surface area contributed by atoms with Crippen molar-refractivity contribution in [1.29, 1.82) is 0 Å². The number of aliphatic hydroxyl groups is 1. The van der Waals surface area contributed by atoms with E-state index >= 15 is 0 Å². The number of amides is 1. The molecular weight excluding hydrogens is 340 g/mol. The maximum atomic E-state index is 12.1. The first-order chi connectivity index (χ1) is 13.1. The Morgan fingerprint density at radius 1 is 1.11 bits per heavy atom. The zero-order valence-electron chi connectivity index (χ0n) is 16.6. The van der Waals surface area contributed by atoms with Crippen molar-refractivity contribution in [3.05, 3.63) is 35.4 Å². The van der Waals surface area contributed by atoms with Crippen LogP contribution < -0.4 is 16.0 Å². The molecule has 1 aliphatic carbocycles. The van der Waals surface area contributed by atoms with Crippen LogP contribution in [0.25, 0.3) is 0 Å². The molecule has 1 aliphatic rings. The van der Waals surface area contributed by atoms with Crippen molar-refractivity contribution in [2.24, 2.45) is 4.99 Å². The number of rotatable bonds is 8. The molecular formula is C21H34N4O2. The highest BCUT2D eigenvalue weighted by molar-refractivity contribution is 5.94. The van der Waals surface area contributed by atoms with Gasteiger partial charge in [-0.3, -0.25) is 4.79 Å². The normalized spacial score (nSPS) is 20.2. The summed E-state index contributed by atoms with van der Waals surface area (Å²) in [5.41, 5.74) is 1.75. The molecule has 1 amide bonds. The monoisotopic (exact) mass is 374 g/mol. The summed E-state index contributed by atoms with van der Waals surface area (Å²) in [6, 6.07) is 7.99. The van der Waals surface area contributed by atoms with Gasteiger partial charge in [-0.05, 0) is 56.7 Å². The Kier molecular flexibility index (Phi) is 9.11. The second-order valence-electron chi connectivity index (χ2n) is 7.15. The number of unbranched alkanes of at least 4 members (excludes halogenated alkanes) is 1. The number of carbonyl (C=O) groups excluding carboxylic acids is 1. The molecule has 0 bridgehead atoms. The number of hydrogen-bond acceptors (Lipinski definition) is 3. The minimum absolute atomic E-state index is 0.0204. The minimum Gasteiger partial charge on any atom is -0.393 e. The van der Waals surface area contributed by atoms with Crippen molar-refractivity contribution in [2.45, 2.75) is 71.1 Å². The highest BCUT2D eigenvalue weighted by Gasteiger charge is 2.19. The van der Waals surface area contributed by atoms with Crippen molar-refractivity contribution >= 4 is 11.9 Å². The number of benzene rings is 1. The van der Waals surface area contributed by atoms with Crippen molar-refractivity contribution in [2.75, 3.05) is 13.1 Å². The molecule has 0 unspecified atom stereocenters. The lowest BCUT2D eigenvalue weighted by Gasteiger charge is -2.27. The van der Waals surface area contributed by atoms with Gasteiger partial charge in [0.25, 0.3) is 5.91 Å². The predicted octanol–water partition coefficient (Wildman–Crippen LogP) is 2.58. The van der Waals surface area contributed by atoms with Crippen LogP contribution in [0.1, 0.15) is 68.3 Å². The number of guanidine groups is 1. The lowest BCUT2D eigenvalue weighted by atomic mass is 9.93. The molecule has 6 heteroatoms. The van der Waals surface area contributed by atoms with Crippen molar-refractivity contribution in [3.8, 4) is 0 Å². The van der Waals surface area contributed by atoms with Gasteiger partial charge in [0.15, 0.2) is 5.96 Å². The van der Waals surface area contributed by atoms with Gasteiger partial charge in [0.2, 0.25) is 0 Å². The van der Waals surface area contributed by atoms with Crippen LogP contribution in [0.4, 0.5) is 0 Å². The van der Waals surface area contributed by atoms with E-state index in [9.17, 15) is 9.90 Å². The van der Waals surface area contributed by atoms with Gasteiger partial charge in [0.05, 0.1) is 12.6 Å². The third kappa shape index (κ3) is 7.59. The second-order valence-corrected chi connectivity index (χ2v) is 7.15. The molecule has 2 rings (SSSR count). The zero-order valence-corrected chi connectivity index (χ0v) is 16.6. The molecule has 150 valence electrons.